The molecule has 0 saturated carbocycles. The third kappa shape index (κ3) is 2.63. The highest BCUT2D eigenvalue weighted by Crippen LogP contribution is 2.39. The second-order valence-corrected chi connectivity index (χ2v) is 6.45. The summed E-state index contributed by atoms with van der Waals surface area (Å²) >= 11 is 7.71. The first kappa shape index (κ1) is 13.3. The number of rotatable bonds is 2. The van der Waals surface area contributed by atoms with Crippen LogP contribution < -0.4 is 5.32 Å². The van der Waals surface area contributed by atoms with Crippen LogP contribution in [0.1, 0.15) is 25.3 Å². The van der Waals surface area contributed by atoms with Crippen LogP contribution in [0.4, 0.5) is 5.69 Å². The highest BCUT2D eigenvalue weighted by Gasteiger charge is 2.37. The smallest absolute Gasteiger partial charge is 0.240 e. The fraction of sp³-hybridized carbons (Fsp3) is 0.385. The summed E-state index contributed by atoms with van der Waals surface area (Å²) in [6, 6.07) is 6.88. The van der Waals surface area contributed by atoms with E-state index in [9.17, 15) is 4.79 Å². The molecule has 18 heavy (non-hydrogen) atoms. The third-order valence-corrected chi connectivity index (χ3v) is 4.88. The number of anilines is 1. The molecule has 1 aliphatic rings. The predicted molar refractivity (Wildman–Crippen MR) is 74.9 cm³/mol. The van der Waals surface area contributed by atoms with E-state index in [0.29, 0.717) is 16.3 Å². The van der Waals surface area contributed by atoms with Crippen molar-refractivity contribution in [2.24, 2.45) is 0 Å². The average molecular weight is 281 g/mol. The molecule has 1 fully saturated rings. The van der Waals surface area contributed by atoms with Gasteiger partial charge in [0.1, 0.15) is 0 Å². The first-order chi connectivity index (χ1) is 8.55. The Hall–Kier alpha value is -1.18. The number of amides is 1. The van der Waals surface area contributed by atoms with E-state index in [-0.39, 0.29) is 10.7 Å². The molecule has 1 saturated heterocycles. The van der Waals surface area contributed by atoms with Crippen LogP contribution in [0, 0.1) is 11.3 Å². The lowest BCUT2D eigenvalue weighted by Gasteiger charge is -2.21. The van der Waals surface area contributed by atoms with Crippen molar-refractivity contribution >= 4 is 35.0 Å². The van der Waals surface area contributed by atoms with Crippen LogP contribution in [0.3, 0.4) is 0 Å². The Kier molecular flexibility index (Phi) is 3.84. The molecule has 1 N–H and O–H groups in total. The van der Waals surface area contributed by atoms with Crippen molar-refractivity contribution in [2.75, 3.05) is 11.1 Å². The summed E-state index contributed by atoms with van der Waals surface area (Å²) in [6.07, 6.45) is 1.95. The fourth-order valence-corrected chi connectivity index (χ4v) is 3.34. The van der Waals surface area contributed by atoms with Crippen LogP contribution in [0.2, 0.25) is 5.02 Å². The standard InChI is InChI=1S/C13H13ClN2OS/c1-13(5-2-6-18-13)12(17)16-11-4-3-9(8-15)7-10(11)14/h3-4,7H,2,5-6H2,1H3,(H,16,17). The van der Waals surface area contributed by atoms with Crippen molar-refractivity contribution in [2.45, 2.75) is 24.5 Å². The minimum atomic E-state index is -0.364. The second-order valence-electron chi connectivity index (χ2n) is 4.44. The molecule has 94 valence electrons. The fourth-order valence-electron chi connectivity index (χ4n) is 1.90. The number of hydrogen-bond donors (Lipinski definition) is 1. The van der Waals surface area contributed by atoms with Crippen LogP contribution in [-0.2, 0) is 4.79 Å². The molecule has 0 aromatic heterocycles. The normalized spacial score (nSPS) is 22.5. The molecule has 1 unspecified atom stereocenters. The predicted octanol–water partition coefficient (Wildman–Crippen LogP) is 3.44. The largest absolute Gasteiger partial charge is 0.324 e. The lowest BCUT2D eigenvalue weighted by Crippen LogP contribution is -2.34. The maximum atomic E-state index is 12.2. The van der Waals surface area contributed by atoms with Gasteiger partial charge in [-0.15, -0.1) is 11.8 Å². The number of nitrogens with one attached hydrogen (secondary N) is 1. The Morgan fingerprint density at radius 3 is 2.94 bits per heavy atom. The zero-order valence-electron chi connectivity index (χ0n) is 10.00. The molecule has 1 amide bonds. The van der Waals surface area contributed by atoms with E-state index < -0.39 is 0 Å². The number of benzene rings is 1. The number of nitrogens with zero attached hydrogens (tertiary/aromatic N) is 1. The van der Waals surface area contributed by atoms with Crippen LogP contribution >= 0.6 is 23.4 Å². The van der Waals surface area contributed by atoms with Crippen molar-refractivity contribution in [1.82, 2.24) is 0 Å². The Morgan fingerprint density at radius 2 is 2.39 bits per heavy atom. The van der Waals surface area contributed by atoms with Crippen LogP contribution in [0.25, 0.3) is 0 Å². The van der Waals surface area contributed by atoms with Crippen LogP contribution in [0.15, 0.2) is 18.2 Å². The van der Waals surface area contributed by atoms with Crippen molar-refractivity contribution in [3.8, 4) is 6.07 Å². The lowest BCUT2D eigenvalue weighted by molar-refractivity contribution is -0.118. The minimum absolute atomic E-state index is 0.0170. The van der Waals surface area contributed by atoms with Crippen molar-refractivity contribution in [1.29, 1.82) is 5.26 Å². The Labute approximate surface area is 116 Å². The molecule has 2 rings (SSSR count). The molecule has 1 heterocycles. The molecule has 3 nitrogen and oxygen atoms in total. The Morgan fingerprint density at radius 1 is 1.61 bits per heavy atom. The van der Waals surface area contributed by atoms with Gasteiger partial charge in [0.2, 0.25) is 5.91 Å². The quantitative estimate of drug-likeness (QED) is 0.903. The number of carbonyl (C=O) groups is 1. The van der Waals surface area contributed by atoms with Gasteiger partial charge in [0.05, 0.1) is 27.1 Å². The second kappa shape index (κ2) is 5.21. The van der Waals surface area contributed by atoms with Gasteiger partial charge in [-0.05, 0) is 43.7 Å². The van der Waals surface area contributed by atoms with Crippen LogP contribution in [-0.4, -0.2) is 16.4 Å². The van der Waals surface area contributed by atoms with Crippen molar-refractivity contribution in [3.05, 3.63) is 28.8 Å². The summed E-state index contributed by atoms with van der Waals surface area (Å²) in [4.78, 5) is 12.2. The van der Waals surface area contributed by atoms with E-state index in [1.54, 1.807) is 30.0 Å². The summed E-state index contributed by atoms with van der Waals surface area (Å²) in [5, 5.41) is 12.0. The number of nitriles is 1. The van der Waals surface area contributed by atoms with E-state index in [4.69, 9.17) is 16.9 Å². The van der Waals surface area contributed by atoms with Gasteiger partial charge in [-0.1, -0.05) is 11.6 Å². The van der Waals surface area contributed by atoms with Gasteiger partial charge in [-0.2, -0.15) is 5.26 Å². The Bertz CT molecular complexity index is 518. The van der Waals surface area contributed by atoms with Gasteiger partial charge in [-0.3, -0.25) is 4.79 Å². The molecular weight excluding hydrogens is 268 g/mol. The lowest BCUT2D eigenvalue weighted by atomic mass is 10.0. The average Bonchev–Trinajstić information content (AvgIpc) is 2.80. The van der Waals surface area contributed by atoms with E-state index in [0.717, 1.165) is 18.6 Å². The highest BCUT2D eigenvalue weighted by atomic mass is 35.5. The molecule has 1 aliphatic heterocycles. The third-order valence-electron chi connectivity index (χ3n) is 3.05. The SMILES string of the molecule is CC1(C(=O)Nc2ccc(C#N)cc2Cl)CCCS1. The maximum absolute atomic E-state index is 12.2. The maximum Gasteiger partial charge on any atom is 0.240 e. The topological polar surface area (TPSA) is 52.9 Å². The van der Waals surface area contributed by atoms with Gasteiger partial charge in [0, 0.05) is 0 Å². The molecular formula is C13H13ClN2OS. The van der Waals surface area contributed by atoms with Gasteiger partial charge in [-0.25, -0.2) is 0 Å². The molecule has 0 bridgehead atoms. The molecule has 0 aliphatic carbocycles. The first-order valence-corrected chi connectivity index (χ1v) is 7.06. The van der Waals surface area contributed by atoms with E-state index in [2.05, 4.69) is 5.32 Å². The summed E-state index contributed by atoms with van der Waals surface area (Å²) < 4.78 is -0.364. The number of carbonyl (C=O) groups excluding carboxylic acids is 1. The molecule has 1 atom stereocenters. The van der Waals surface area contributed by atoms with Gasteiger partial charge in [0.25, 0.3) is 0 Å². The molecule has 5 heteroatoms. The minimum Gasteiger partial charge on any atom is -0.324 e. The highest BCUT2D eigenvalue weighted by molar-refractivity contribution is 8.01. The van der Waals surface area contributed by atoms with Crippen molar-refractivity contribution < 1.29 is 4.79 Å². The molecule has 1 aromatic carbocycles. The monoisotopic (exact) mass is 280 g/mol. The molecule has 0 radical (unpaired) electrons. The zero-order valence-corrected chi connectivity index (χ0v) is 11.6. The number of halogens is 1. The Balaban J connectivity index is 2.15. The summed E-state index contributed by atoms with van der Waals surface area (Å²) in [7, 11) is 0. The van der Waals surface area contributed by atoms with Crippen molar-refractivity contribution in [3.63, 3.8) is 0 Å². The van der Waals surface area contributed by atoms with Crippen LogP contribution in [0.5, 0.6) is 0 Å². The van der Waals surface area contributed by atoms with E-state index >= 15 is 0 Å². The first-order valence-electron chi connectivity index (χ1n) is 5.70. The van der Waals surface area contributed by atoms with E-state index in [1.165, 1.54) is 0 Å². The van der Waals surface area contributed by atoms with Gasteiger partial charge in [0.15, 0.2) is 0 Å². The number of hydrogen-bond acceptors (Lipinski definition) is 3. The summed E-state index contributed by atoms with van der Waals surface area (Å²) in [5.74, 6) is 1.00. The molecule has 0 spiro atoms. The zero-order chi connectivity index (χ0) is 13.2. The summed E-state index contributed by atoms with van der Waals surface area (Å²) in [6.45, 7) is 1.96. The molecule has 1 aromatic rings. The van der Waals surface area contributed by atoms with E-state index in [1.807, 2.05) is 13.0 Å². The number of thioether (sulfide) groups is 1. The van der Waals surface area contributed by atoms with Gasteiger partial charge < -0.3 is 5.32 Å². The van der Waals surface area contributed by atoms with Gasteiger partial charge >= 0.3 is 0 Å². The summed E-state index contributed by atoms with van der Waals surface area (Å²) in [5.41, 5.74) is 1.05.